The van der Waals surface area contributed by atoms with E-state index in [0.717, 1.165) is 49.2 Å². The molecule has 0 atom stereocenters. The molecule has 1 aromatic carbocycles. The van der Waals surface area contributed by atoms with Crippen molar-refractivity contribution in [2.45, 2.75) is 32.7 Å². The van der Waals surface area contributed by atoms with Gasteiger partial charge in [0.2, 0.25) is 0 Å². The molecule has 18 heavy (non-hydrogen) atoms. The molecular formula is C14H20FN3. The van der Waals surface area contributed by atoms with Gasteiger partial charge in [0.15, 0.2) is 0 Å². The average molecular weight is 249 g/mol. The molecule has 0 amide bonds. The zero-order chi connectivity index (χ0) is 13.0. The van der Waals surface area contributed by atoms with Crippen molar-refractivity contribution in [1.29, 1.82) is 0 Å². The predicted molar refractivity (Wildman–Crippen MR) is 72.2 cm³/mol. The van der Waals surface area contributed by atoms with Crippen molar-refractivity contribution in [2.24, 2.45) is 0 Å². The highest BCUT2D eigenvalue weighted by molar-refractivity contribution is 5.76. The van der Waals surface area contributed by atoms with Gasteiger partial charge in [-0.25, -0.2) is 9.37 Å². The summed E-state index contributed by atoms with van der Waals surface area (Å²) in [5.41, 5.74) is 1.80. The zero-order valence-corrected chi connectivity index (χ0v) is 11.0. The normalized spacial score (nSPS) is 11.3. The predicted octanol–water partition coefficient (Wildman–Crippen LogP) is 2.74. The fourth-order valence-electron chi connectivity index (χ4n) is 2.15. The van der Waals surface area contributed by atoms with Crippen LogP contribution in [-0.2, 0) is 13.0 Å². The molecule has 0 unspecified atom stereocenters. The summed E-state index contributed by atoms with van der Waals surface area (Å²) in [6.45, 7) is 4.02. The van der Waals surface area contributed by atoms with Crippen LogP contribution < -0.4 is 5.32 Å². The lowest BCUT2D eigenvalue weighted by Crippen LogP contribution is -2.14. The first kappa shape index (κ1) is 13.0. The molecule has 3 nitrogen and oxygen atoms in total. The molecular weight excluding hydrogens is 229 g/mol. The van der Waals surface area contributed by atoms with Crippen LogP contribution in [0.15, 0.2) is 18.2 Å². The largest absolute Gasteiger partial charge is 0.328 e. The Kier molecular flexibility index (Phi) is 4.31. The summed E-state index contributed by atoms with van der Waals surface area (Å²) in [6, 6.07) is 4.85. The van der Waals surface area contributed by atoms with Crippen molar-refractivity contribution >= 4 is 11.0 Å². The lowest BCUT2D eigenvalue weighted by atomic mass is 10.3. The monoisotopic (exact) mass is 249 g/mol. The number of halogens is 1. The van der Waals surface area contributed by atoms with E-state index in [9.17, 15) is 4.39 Å². The number of unbranched alkanes of at least 4 members (excludes halogenated alkanes) is 1. The summed E-state index contributed by atoms with van der Waals surface area (Å²) in [6.07, 6.45) is 3.14. The van der Waals surface area contributed by atoms with E-state index in [1.807, 2.05) is 13.1 Å². The lowest BCUT2D eigenvalue weighted by molar-refractivity contribution is 0.606. The summed E-state index contributed by atoms with van der Waals surface area (Å²) in [4.78, 5) is 4.55. The molecule has 0 aliphatic carbocycles. The van der Waals surface area contributed by atoms with Gasteiger partial charge in [-0.2, -0.15) is 0 Å². The highest BCUT2D eigenvalue weighted by atomic mass is 19.1. The number of hydrogen-bond donors (Lipinski definition) is 1. The highest BCUT2D eigenvalue weighted by Gasteiger charge is 2.10. The Hall–Kier alpha value is -1.42. The van der Waals surface area contributed by atoms with E-state index in [-0.39, 0.29) is 5.82 Å². The van der Waals surface area contributed by atoms with Crippen LogP contribution in [0.3, 0.4) is 0 Å². The Bertz CT molecular complexity index is 519. The van der Waals surface area contributed by atoms with Gasteiger partial charge in [-0.15, -0.1) is 0 Å². The highest BCUT2D eigenvalue weighted by Crippen LogP contribution is 2.18. The fourth-order valence-corrected chi connectivity index (χ4v) is 2.15. The van der Waals surface area contributed by atoms with Gasteiger partial charge in [0.25, 0.3) is 0 Å². The minimum atomic E-state index is -0.220. The number of rotatable bonds is 6. The number of fused-ring (bicyclic) bond motifs is 1. The summed E-state index contributed by atoms with van der Waals surface area (Å²) in [5.74, 6) is 0.821. The third kappa shape index (κ3) is 2.70. The molecule has 0 spiro atoms. The maximum absolute atomic E-state index is 13.2. The first-order valence-electron chi connectivity index (χ1n) is 6.55. The Balaban J connectivity index is 2.39. The number of hydrogen-bond acceptors (Lipinski definition) is 2. The Morgan fingerprint density at radius 1 is 1.39 bits per heavy atom. The number of benzene rings is 1. The molecule has 1 N–H and O–H groups in total. The van der Waals surface area contributed by atoms with E-state index in [4.69, 9.17) is 0 Å². The number of aromatic nitrogens is 2. The topological polar surface area (TPSA) is 29.9 Å². The molecule has 0 aliphatic rings. The summed E-state index contributed by atoms with van der Waals surface area (Å²) in [7, 11) is 1.93. The number of nitrogens with one attached hydrogen (secondary N) is 1. The molecule has 0 radical (unpaired) electrons. The summed E-state index contributed by atoms with van der Waals surface area (Å²) in [5, 5.41) is 3.13. The van der Waals surface area contributed by atoms with E-state index in [0.29, 0.717) is 0 Å². The van der Waals surface area contributed by atoms with E-state index in [1.165, 1.54) is 12.1 Å². The van der Waals surface area contributed by atoms with Crippen molar-refractivity contribution in [2.75, 3.05) is 13.6 Å². The van der Waals surface area contributed by atoms with Crippen LogP contribution in [0.25, 0.3) is 11.0 Å². The van der Waals surface area contributed by atoms with Gasteiger partial charge < -0.3 is 9.88 Å². The molecule has 0 bridgehead atoms. The van der Waals surface area contributed by atoms with Crippen LogP contribution in [-0.4, -0.2) is 23.1 Å². The Morgan fingerprint density at radius 2 is 2.22 bits per heavy atom. The lowest BCUT2D eigenvalue weighted by Gasteiger charge is -2.08. The first-order valence-corrected chi connectivity index (χ1v) is 6.55. The molecule has 0 aliphatic heterocycles. The van der Waals surface area contributed by atoms with Crippen LogP contribution in [0.5, 0.6) is 0 Å². The van der Waals surface area contributed by atoms with Crippen LogP contribution in [0, 0.1) is 5.82 Å². The number of imidazole rings is 1. The molecule has 98 valence electrons. The number of likely N-dealkylation sites (N-methyl/N-ethyl adjacent to an activating group) is 1. The van der Waals surface area contributed by atoms with Crippen molar-refractivity contribution < 1.29 is 4.39 Å². The average Bonchev–Trinajstić information content (AvgIpc) is 2.70. The van der Waals surface area contributed by atoms with Gasteiger partial charge in [-0.1, -0.05) is 13.3 Å². The van der Waals surface area contributed by atoms with Gasteiger partial charge in [-0.05, 0) is 25.6 Å². The molecule has 0 fully saturated rings. The van der Waals surface area contributed by atoms with Gasteiger partial charge in [-0.3, -0.25) is 0 Å². The maximum atomic E-state index is 13.2. The summed E-state index contributed by atoms with van der Waals surface area (Å²) >= 11 is 0. The van der Waals surface area contributed by atoms with Gasteiger partial charge in [0, 0.05) is 25.6 Å². The Morgan fingerprint density at radius 3 is 2.94 bits per heavy atom. The quantitative estimate of drug-likeness (QED) is 0.853. The third-order valence-electron chi connectivity index (χ3n) is 3.12. The van der Waals surface area contributed by atoms with Crippen LogP contribution >= 0.6 is 0 Å². The fraction of sp³-hybridized carbons (Fsp3) is 0.500. The van der Waals surface area contributed by atoms with Crippen molar-refractivity contribution in [1.82, 2.24) is 14.9 Å². The van der Waals surface area contributed by atoms with Crippen molar-refractivity contribution in [3.05, 3.63) is 29.8 Å². The van der Waals surface area contributed by atoms with Crippen LogP contribution in [0.4, 0.5) is 4.39 Å². The molecule has 0 saturated carbocycles. The van der Waals surface area contributed by atoms with Crippen LogP contribution in [0.2, 0.25) is 0 Å². The van der Waals surface area contributed by atoms with Gasteiger partial charge in [0.1, 0.15) is 11.6 Å². The molecule has 4 heteroatoms. The van der Waals surface area contributed by atoms with Crippen molar-refractivity contribution in [3.8, 4) is 0 Å². The molecule has 2 aromatic rings. The molecule has 0 saturated heterocycles. The number of nitrogens with zero attached hydrogens (tertiary/aromatic N) is 2. The zero-order valence-electron chi connectivity index (χ0n) is 11.0. The van der Waals surface area contributed by atoms with E-state index in [1.54, 1.807) is 0 Å². The van der Waals surface area contributed by atoms with E-state index >= 15 is 0 Å². The third-order valence-corrected chi connectivity index (χ3v) is 3.12. The first-order chi connectivity index (χ1) is 8.76. The SMILES string of the molecule is CCCCn1c(CCNC)nc2cc(F)ccc21. The van der Waals surface area contributed by atoms with E-state index < -0.39 is 0 Å². The second-order valence-electron chi connectivity index (χ2n) is 4.52. The Labute approximate surface area is 107 Å². The summed E-state index contributed by atoms with van der Waals surface area (Å²) < 4.78 is 15.4. The smallest absolute Gasteiger partial charge is 0.125 e. The minimum absolute atomic E-state index is 0.220. The molecule has 1 aromatic heterocycles. The second kappa shape index (κ2) is 5.96. The maximum Gasteiger partial charge on any atom is 0.125 e. The van der Waals surface area contributed by atoms with Gasteiger partial charge >= 0.3 is 0 Å². The van der Waals surface area contributed by atoms with Gasteiger partial charge in [0.05, 0.1) is 11.0 Å². The second-order valence-corrected chi connectivity index (χ2v) is 4.52. The van der Waals surface area contributed by atoms with Crippen LogP contribution in [0.1, 0.15) is 25.6 Å². The molecule has 1 heterocycles. The standard InChI is InChI=1S/C14H20FN3/c1-3-4-9-18-13-6-5-11(15)10-12(13)17-14(18)7-8-16-2/h5-6,10,16H,3-4,7-9H2,1-2H3. The van der Waals surface area contributed by atoms with E-state index in [2.05, 4.69) is 21.8 Å². The minimum Gasteiger partial charge on any atom is -0.328 e. The number of aryl methyl sites for hydroxylation is 1. The molecule has 2 rings (SSSR count). The van der Waals surface area contributed by atoms with Crippen molar-refractivity contribution in [3.63, 3.8) is 0 Å².